The highest BCUT2D eigenvalue weighted by atomic mass is 16.4. The maximum absolute atomic E-state index is 11.1. The second kappa shape index (κ2) is 8.72. The molecule has 3 nitrogen and oxygen atoms in total. The minimum atomic E-state index is -0.671. The molecule has 0 saturated heterocycles. The summed E-state index contributed by atoms with van der Waals surface area (Å²) in [7, 11) is 0. The number of carboxylic acid groups (broad SMARTS) is 1. The van der Waals surface area contributed by atoms with Gasteiger partial charge in [-0.15, -0.1) is 0 Å². The van der Waals surface area contributed by atoms with Crippen LogP contribution in [0.1, 0.15) is 52.9 Å². The van der Waals surface area contributed by atoms with Gasteiger partial charge in [0.05, 0.1) is 0 Å². The molecule has 0 radical (unpaired) electrons. The first-order valence-corrected chi connectivity index (χ1v) is 6.14. The fourth-order valence-electron chi connectivity index (χ4n) is 1.89. The van der Waals surface area contributed by atoms with E-state index < -0.39 is 5.97 Å². The molecule has 0 aromatic carbocycles. The van der Waals surface area contributed by atoms with Gasteiger partial charge < -0.3 is 5.11 Å². The van der Waals surface area contributed by atoms with E-state index in [9.17, 15) is 4.79 Å². The van der Waals surface area contributed by atoms with Crippen LogP contribution in [-0.4, -0.2) is 35.1 Å². The third-order valence-corrected chi connectivity index (χ3v) is 2.87. The number of aliphatic carboxylic acids is 1. The SMILES string of the molecule is CCCCCCC(C(=O)O)N(CC)CC. The first-order valence-electron chi connectivity index (χ1n) is 6.14. The summed E-state index contributed by atoms with van der Waals surface area (Å²) < 4.78 is 0. The molecule has 3 heteroatoms. The Balaban J connectivity index is 3.98. The molecular weight excluding hydrogens is 190 g/mol. The van der Waals surface area contributed by atoms with Crippen molar-refractivity contribution in [2.75, 3.05) is 13.1 Å². The smallest absolute Gasteiger partial charge is 0.320 e. The molecule has 0 amide bonds. The lowest BCUT2D eigenvalue weighted by Crippen LogP contribution is -2.40. The summed E-state index contributed by atoms with van der Waals surface area (Å²) in [6.07, 6.45) is 5.38. The summed E-state index contributed by atoms with van der Waals surface area (Å²) in [4.78, 5) is 13.1. The molecular formula is C12H25NO2. The molecule has 0 bridgehead atoms. The van der Waals surface area contributed by atoms with Gasteiger partial charge in [-0.05, 0) is 19.5 Å². The number of likely N-dealkylation sites (N-methyl/N-ethyl adjacent to an activating group) is 1. The van der Waals surface area contributed by atoms with Crippen molar-refractivity contribution >= 4 is 5.97 Å². The number of nitrogens with zero attached hydrogens (tertiary/aromatic N) is 1. The van der Waals surface area contributed by atoms with Gasteiger partial charge in [-0.1, -0.05) is 46.5 Å². The lowest BCUT2D eigenvalue weighted by Gasteiger charge is -2.26. The molecule has 0 aliphatic carbocycles. The van der Waals surface area contributed by atoms with E-state index in [1.54, 1.807) is 0 Å². The Morgan fingerprint density at radius 1 is 1.13 bits per heavy atom. The van der Waals surface area contributed by atoms with Crippen LogP contribution in [0.25, 0.3) is 0 Å². The van der Waals surface area contributed by atoms with Crippen LogP contribution >= 0.6 is 0 Å². The van der Waals surface area contributed by atoms with Crippen LogP contribution < -0.4 is 0 Å². The highest BCUT2D eigenvalue weighted by molar-refractivity contribution is 5.73. The van der Waals surface area contributed by atoms with Crippen molar-refractivity contribution in [3.8, 4) is 0 Å². The predicted molar refractivity (Wildman–Crippen MR) is 63.1 cm³/mol. The number of carboxylic acids is 1. The molecule has 90 valence electrons. The van der Waals surface area contributed by atoms with Crippen molar-refractivity contribution < 1.29 is 9.90 Å². The van der Waals surface area contributed by atoms with E-state index >= 15 is 0 Å². The molecule has 0 aromatic rings. The minimum absolute atomic E-state index is 0.281. The van der Waals surface area contributed by atoms with E-state index in [1.807, 2.05) is 18.7 Å². The molecule has 0 heterocycles. The Kier molecular flexibility index (Phi) is 8.38. The predicted octanol–water partition coefficient (Wildman–Crippen LogP) is 2.75. The fraction of sp³-hybridized carbons (Fsp3) is 0.917. The molecule has 1 N–H and O–H groups in total. The van der Waals surface area contributed by atoms with E-state index in [4.69, 9.17) is 5.11 Å². The zero-order valence-corrected chi connectivity index (χ0v) is 10.3. The van der Waals surface area contributed by atoms with E-state index in [2.05, 4.69) is 6.92 Å². The summed E-state index contributed by atoms with van der Waals surface area (Å²) >= 11 is 0. The largest absolute Gasteiger partial charge is 0.480 e. The van der Waals surface area contributed by atoms with Gasteiger partial charge in [0, 0.05) is 0 Å². The quantitative estimate of drug-likeness (QED) is 0.601. The molecule has 1 atom stereocenters. The summed E-state index contributed by atoms with van der Waals surface area (Å²) in [6, 6.07) is -0.281. The average Bonchev–Trinajstić information content (AvgIpc) is 2.22. The zero-order chi connectivity index (χ0) is 11.7. The van der Waals surface area contributed by atoms with Crippen LogP contribution in [0, 0.1) is 0 Å². The van der Waals surface area contributed by atoms with Gasteiger partial charge in [-0.2, -0.15) is 0 Å². The van der Waals surface area contributed by atoms with Crippen molar-refractivity contribution in [2.24, 2.45) is 0 Å². The lowest BCUT2D eigenvalue weighted by molar-refractivity contribution is -0.143. The molecule has 0 rings (SSSR count). The van der Waals surface area contributed by atoms with Gasteiger partial charge in [0.2, 0.25) is 0 Å². The molecule has 0 fully saturated rings. The number of unbranched alkanes of at least 4 members (excludes halogenated alkanes) is 3. The van der Waals surface area contributed by atoms with Crippen LogP contribution in [0.4, 0.5) is 0 Å². The normalized spacial score (nSPS) is 13.1. The van der Waals surface area contributed by atoms with Crippen molar-refractivity contribution in [1.29, 1.82) is 0 Å². The molecule has 0 saturated carbocycles. The van der Waals surface area contributed by atoms with Gasteiger partial charge in [0.25, 0.3) is 0 Å². The van der Waals surface area contributed by atoms with Gasteiger partial charge in [0.1, 0.15) is 6.04 Å². The van der Waals surface area contributed by atoms with Crippen molar-refractivity contribution in [1.82, 2.24) is 4.90 Å². The maximum atomic E-state index is 11.1. The van der Waals surface area contributed by atoms with Crippen molar-refractivity contribution in [3.05, 3.63) is 0 Å². The minimum Gasteiger partial charge on any atom is -0.480 e. The standard InChI is InChI=1S/C12H25NO2/c1-4-7-8-9-10-11(12(14)15)13(5-2)6-3/h11H,4-10H2,1-3H3,(H,14,15). The maximum Gasteiger partial charge on any atom is 0.320 e. The van der Waals surface area contributed by atoms with E-state index in [-0.39, 0.29) is 6.04 Å². The number of hydrogen-bond acceptors (Lipinski definition) is 2. The van der Waals surface area contributed by atoms with Crippen LogP contribution in [-0.2, 0) is 4.79 Å². The van der Waals surface area contributed by atoms with E-state index in [0.29, 0.717) is 0 Å². The molecule has 1 unspecified atom stereocenters. The summed E-state index contributed by atoms with van der Waals surface area (Å²) in [5.41, 5.74) is 0. The average molecular weight is 215 g/mol. The molecule has 0 spiro atoms. The van der Waals surface area contributed by atoms with E-state index in [1.165, 1.54) is 12.8 Å². The second-order valence-corrected chi connectivity index (χ2v) is 3.92. The first kappa shape index (κ1) is 14.4. The zero-order valence-electron chi connectivity index (χ0n) is 10.3. The molecule has 0 aliphatic rings. The van der Waals surface area contributed by atoms with Crippen LogP contribution in [0.2, 0.25) is 0 Å². The lowest BCUT2D eigenvalue weighted by atomic mass is 10.1. The molecule has 0 aliphatic heterocycles. The van der Waals surface area contributed by atoms with Gasteiger partial charge in [0.15, 0.2) is 0 Å². The molecule has 15 heavy (non-hydrogen) atoms. The fourth-order valence-corrected chi connectivity index (χ4v) is 1.89. The third-order valence-electron chi connectivity index (χ3n) is 2.87. The Morgan fingerprint density at radius 3 is 2.13 bits per heavy atom. The molecule has 0 aromatic heterocycles. The topological polar surface area (TPSA) is 40.5 Å². The van der Waals surface area contributed by atoms with Gasteiger partial charge in [-0.25, -0.2) is 0 Å². The first-order chi connectivity index (χ1) is 7.17. The Morgan fingerprint density at radius 2 is 1.73 bits per heavy atom. The van der Waals surface area contributed by atoms with Crippen LogP contribution in [0.15, 0.2) is 0 Å². The second-order valence-electron chi connectivity index (χ2n) is 3.92. The van der Waals surface area contributed by atoms with Crippen LogP contribution in [0.5, 0.6) is 0 Å². The Hall–Kier alpha value is -0.570. The number of hydrogen-bond donors (Lipinski definition) is 1. The van der Waals surface area contributed by atoms with E-state index in [0.717, 1.165) is 32.4 Å². The summed E-state index contributed by atoms with van der Waals surface area (Å²) in [6.45, 7) is 7.85. The van der Waals surface area contributed by atoms with Crippen molar-refractivity contribution in [3.63, 3.8) is 0 Å². The summed E-state index contributed by atoms with van der Waals surface area (Å²) in [5, 5.41) is 9.12. The number of carbonyl (C=O) groups is 1. The highest BCUT2D eigenvalue weighted by Crippen LogP contribution is 2.11. The van der Waals surface area contributed by atoms with Gasteiger partial charge in [-0.3, -0.25) is 9.69 Å². The Bertz CT molecular complexity index is 167. The Labute approximate surface area is 93.5 Å². The van der Waals surface area contributed by atoms with Gasteiger partial charge >= 0.3 is 5.97 Å². The summed E-state index contributed by atoms with van der Waals surface area (Å²) in [5.74, 6) is -0.671. The third kappa shape index (κ3) is 5.78. The number of rotatable bonds is 9. The highest BCUT2D eigenvalue weighted by Gasteiger charge is 2.22. The monoisotopic (exact) mass is 215 g/mol. The van der Waals surface area contributed by atoms with Crippen LogP contribution in [0.3, 0.4) is 0 Å². The van der Waals surface area contributed by atoms with Crippen molar-refractivity contribution in [2.45, 2.75) is 58.9 Å².